The summed E-state index contributed by atoms with van der Waals surface area (Å²) in [7, 11) is 0. The molecule has 0 aliphatic rings. The molecule has 0 unspecified atom stereocenters. The van der Waals surface area contributed by atoms with Gasteiger partial charge in [0.1, 0.15) is 5.82 Å². The maximum absolute atomic E-state index is 12.8. The number of hydrogen-bond acceptors (Lipinski definition) is 2. The molecule has 0 heterocycles. The highest BCUT2D eigenvalue weighted by molar-refractivity contribution is 5.41. The van der Waals surface area contributed by atoms with Crippen molar-refractivity contribution in [2.75, 3.05) is 6.54 Å². The highest BCUT2D eigenvalue weighted by Crippen LogP contribution is 2.09. The van der Waals surface area contributed by atoms with Crippen LogP contribution in [0.3, 0.4) is 0 Å². The lowest BCUT2D eigenvalue weighted by atomic mass is 10.1. The first-order chi connectivity index (χ1) is 6.27. The summed E-state index contributed by atoms with van der Waals surface area (Å²) in [4.78, 5) is 0. The third-order valence-electron chi connectivity index (χ3n) is 1.62. The molecule has 13 heavy (non-hydrogen) atoms. The minimum atomic E-state index is -0.307. The van der Waals surface area contributed by atoms with Gasteiger partial charge in [-0.25, -0.2) is 4.39 Å². The highest BCUT2D eigenvalue weighted by atomic mass is 19.1. The summed E-state index contributed by atoms with van der Waals surface area (Å²) in [6, 6.07) is 4.37. The van der Waals surface area contributed by atoms with Crippen LogP contribution in [0.1, 0.15) is 11.1 Å². The van der Waals surface area contributed by atoms with E-state index in [0.717, 1.165) is 5.56 Å². The number of rotatable bonds is 1. The van der Waals surface area contributed by atoms with Crippen molar-refractivity contribution < 1.29 is 4.39 Å². The number of nitrogens with two attached hydrogens (primary N) is 2. The Labute approximate surface area is 76.7 Å². The van der Waals surface area contributed by atoms with Crippen LogP contribution in [0.25, 0.3) is 0 Å². The molecule has 0 bridgehead atoms. The van der Waals surface area contributed by atoms with Gasteiger partial charge in [0.05, 0.1) is 6.54 Å². The van der Waals surface area contributed by atoms with Crippen LogP contribution in [0.2, 0.25) is 0 Å². The molecule has 0 aromatic heterocycles. The Morgan fingerprint density at radius 3 is 2.69 bits per heavy atom. The largest absolute Gasteiger partial charge is 0.326 e. The van der Waals surface area contributed by atoms with E-state index in [0.29, 0.717) is 12.1 Å². The topological polar surface area (TPSA) is 52.0 Å². The SMILES string of the molecule is NCC#Cc1cc(F)ccc1CN. The predicted octanol–water partition coefficient (Wildman–Crippen LogP) is 0.595. The maximum atomic E-state index is 12.8. The summed E-state index contributed by atoms with van der Waals surface area (Å²) in [5.74, 6) is 5.12. The van der Waals surface area contributed by atoms with Gasteiger partial charge >= 0.3 is 0 Å². The molecule has 0 aliphatic heterocycles. The molecule has 0 radical (unpaired) electrons. The molecule has 1 aromatic rings. The Morgan fingerprint density at radius 2 is 2.08 bits per heavy atom. The molecule has 0 amide bonds. The Bertz CT molecular complexity index is 350. The minimum absolute atomic E-state index is 0.264. The monoisotopic (exact) mass is 178 g/mol. The van der Waals surface area contributed by atoms with Crippen molar-refractivity contribution in [1.29, 1.82) is 0 Å². The molecule has 4 N–H and O–H groups in total. The zero-order chi connectivity index (χ0) is 9.68. The average Bonchev–Trinajstić information content (AvgIpc) is 2.15. The lowest BCUT2D eigenvalue weighted by molar-refractivity contribution is 0.626. The third kappa shape index (κ3) is 2.55. The first-order valence-electron chi connectivity index (χ1n) is 3.95. The first kappa shape index (κ1) is 9.72. The van der Waals surface area contributed by atoms with E-state index in [1.54, 1.807) is 6.07 Å². The molecule has 0 spiro atoms. The molecule has 2 nitrogen and oxygen atoms in total. The fourth-order valence-electron chi connectivity index (χ4n) is 0.989. The molecule has 0 saturated heterocycles. The molecule has 68 valence electrons. The van der Waals surface area contributed by atoms with Crippen LogP contribution in [-0.2, 0) is 6.54 Å². The van der Waals surface area contributed by atoms with Gasteiger partial charge < -0.3 is 11.5 Å². The summed E-state index contributed by atoms with van der Waals surface area (Å²) < 4.78 is 12.8. The molecule has 1 aromatic carbocycles. The van der Waals surface area contributed by atoms with Crippen LogP contribution in [0.5, 0.6) is 0 Å². The predicted molar refractivity (Wildman–Crippen MR) is 50.2 cm³/mol. The second kappa shape index (κ2) is 4.61. The van der Waals surface area contributed by atoms with Crippen molar-refractivity contribution in [3.63, 3.8) is 0 Å². The first-order valence-corrected chi connectivity index (χ1v) is 3.95. The second-order valence-electron chi connectivity index (χ2n) is 2.51. The average molecular weight is 178 g/mol. The van der Waals surface area contributed by atoms with Gasteiger partial charge in [0.15, 0.2) is 0 Å². The molecular weight excluding hydrogens is 167 g/mol. The van der Waals surface area contributed by atoms with Crippen molar-refractivity contribution in [2.45, 2.75) is 6.54 Å². The summed E-state index contributed by atoms with van der Waals surface area (Å²) in [6.45, 7) is 0.620. The standard InChI is InChI=1S/C10H11FN2/c11-10-4-3-9(7-13)8(6-10)2-1-5-12/h3-4,6H,5,7,12-13H2. The van der Waals surface area contributed by atoms with E-state index in [1.807, 2.05) is 0 Å². The van der Waals surface area contributed by atoms with Crippen LogP contribution in [0.4, 0.5) is 4.39 Å². The Balaban J connectivity index is 3.08. The summed E-state index contributed by atoms with van der Waals surface area (Å²) >= 11 is 0. The molecule has 0 saturated carbocycles. The zero-order valence-corrected chi connectivity index (χ0v) is 7.18. The lowest BCUT2D eigenvalue weighted by Crippen LogP contribution is -2.00. The third-order valence-corrected chi connectivity index (χ3v) is 1.62. The molecule has 3 heteroatoms. The molecule has 0 fully saturated rings. The number of halogens is 1. The van der Waals surface area contributed by atoms with Crippen molar-refractivity contribution in [3.05, 3.63) is 35.1 Å². The van der Waals surface area contributed by atoms with Crippen LogP contribution in [0, 0.1) is 17.7 Å². The quantitative estimate of drug-likeness (QED) is 0.618. The molecular formula is C10H11FN2. The maximum Gasteiger partial charge on any atom is 0.124 e. The smallest absolute Gasteiger partial charge is 0.124 e. The summed E-state index contributed by atoms with van der Waals surface area (Å²) in [6.07, 6.45) is 0. The number of hydrogen-bond donors (Lipinski definition) is 2. The van der Waals surface area contributed by atoms with E-state index in [1.165, 1.54) is 12.1 Å². The van der Waals surface area contributed by atoms with Crippen LogP contribution < -0.4 is 11.5 Å². The minimum Gasteiger partial charge on any atom is -0.326 e. The van der Waals surface area contributed by atoms with Gasteiger partial charge in [-0.1, -0.05) is 17.9 Å². The number of benzene rings is 1. The van der Waals surface area contributed by atoms with Crippen molar-refractivity contribution in [3.8, 4) is 11.8 Å². The van der Waals surface area contributed by atoms with E-state index in [-0.39, 0.29) is 12.4 Å². The summed E-state index contributed by atoms with van der Waals surface area (Å²) in [5.41, 5.74) is 12.1. The van der Waals surface area contributed by atoms with E-state index in [2.05, 4.69) is 11.8 Å². The van der Waals surface area contributed by atoms with E-state index in [9.17, 15) is 4.39 Å². The van der Waals surface area contributed by atoms with Gasteiger partial charge in [-0.2, -0.15) is 0 Å². The van der Waals surface area contributed by atoms with Gasteiger partial charge in [-0.15, -0.1) is 0 Å². The van der Waals surface area contributed by atoms with Crippen molar-refractivity contribution in [2.24, 2.45) is 11.5 Å². The van der Waals surface area contributed by atoms with E-state index < -0.39 is 0 Å². The second-order valence-corrected chi connectivity index (χ2v) is 2.51. The molecule has 0 aliphatic carbocycles. The molecule has 1 rings (SSSR count). The van der Waals surface area contributed by atoms with Gasteiger partial charge in [0.2, 0.25) is 0 Å². The highest BCUT2D eigenvalue weighted by Gasteiger charge is 1.98. The molecule has 0 atom stereocenters. The summed E-state index contributed by atoms with van der Waals surface area (Å²) in [5, 5.41) is 0. The van der Waals surface area contributed by atoms with Gasteiger partial charge in [-0.05, 0) is 17.7 Å². The lowest BCUT2D eigenvalue weighted by Gasteiger charge is -2.00. The van der Waals surface area contributed by atoms with Gasteiger partial charge in [0, 0.05) is 12.1 Å². The zero-order valence-electron chi connectivity index (χ0n) is 7.18. The Kier molecular flexibility index (Phi) is 3.44. The van der Waals surface area contributed by atoms with Gasteiger partial charge in [-0.3, -0.25) is 0 Å². The fraction of sp³-hybridized carbons (Fsp3) is 0.200. The van der Waals surface area contributed by atoms with Gasteiger partial charge in [0.25, 0.3) is 0 Å². The van der Waals surface area contributed by atoms with Crippen LogP contribution in [0.15, 0.2) is 18.2 Å². The Morgan fingerprint density at radius 1 is 1.31 bits per heavy atom. The van der Waals surface area contributed by atoms with Crippen molar-refractivity contribution >= 4 is 0 Å². The fourth-order valence-corrected chi connectivity index (χ4v) is 0.989. The van der Waals surface area contributed by atoms with E-state index >= 15 is 0 Å². The van der Waals surface area contributed by atoms with Crippen LogP contribution in [-0.4, -0.2) is 6.54 Å². The van der Waals surface area contributed by atoms with Crippen molar-refractivity contribution in [1.82, 2.24) is 0 Å². The van der Waals surface area contributed by atoms with E-state index in [4.69, 9.17) is 11.5 Å². The Hall–Kier alpha value is -1.37. The normalized spacial score (nSPS) is 9.15. The van der Waals surface area contributed by atoms with Crippen LogP contribution >= 0.6 is 0 Å².